The molecular weight excluding hydrogens is 410 g/mol. The number of benzene rings is 2. The Morgan fingerprint density at radius 3 is 2.47 bits per heavy atom. The minimum atomic E-state index is -1.31. The number of carbonyl (C=O) groups excluding carboxylic acids is 1. The number of rotatable bonds is 6. The third kappa shape index (κ3) is 4.72. The van der Waals surface area contributed by atoms with E-state index >= 15 is 0 Å². The lowest BCUT2D eigenvalue weighted by atomic mass is 9.87. The molecule has 0 aliphatic carbocycles. The van der Waals surface area contributed by atoms with Crippen molar-refractivity contribution in [1.29, 1.82) is 0 Å². The number of anilines is 1. The van der Waals surface area contributed by atoms with E-state index in [1.165, 1.54) is 11.0 Å². The van der Waals surface area contributed by atoms with Crippen molar-refractivity contribution in [1.82, 2.24) is 4.90 Å². The Morgan fingerprint density at radius 2 is 1.90 bits per heavy atom. The average molecular weight is 436 g/mol. The van der Waals surface area contributed by atoms with Crippen molar-refractivity contribution >= 4 is 29.7 Å². The number of ether oxygens (including phenoxy) is 1. The number of hydrogen-bond acceptors (Lipinski definition) is 6. The van der Waals surface area contributed by atoms with Gasteiger partial charge in [0.05, 0.1) is 23.3 Å². The van der Waals surface area contributed by atoms with E-state index in [1.54, 1.807) is 43.5 Å². The van der Waals surface area contributed by atoms with Gasteiger partial charge in [-0.1, -0.05) is 18.2 Å². The predicted octanol–water partition coefficient (Wildman–Crippen LogP) is 2.62. The quantitative estimate of drug-likeness (QED) is 0.553. The normalized spacial score (nSPS) is 18.4. The summed E-state index contributed by atoms with van der Waals surface area (Å²) in [7, 11) is 5.32. The zero-order valence-corrected chi connectivity index (χ0v) is 18.0. The van der Waals surface area contributed by atoms with Crippen LogP contribution < -0.4 is 9.64 Å². The number of nitro groups is 1. The summed E-state index contributed by atoms with van der Waals surface area (Å²) < 4.78 is 5.18. The molecule has 1 aliphatic rings. The van der Waals surface area contributed by atoms with E-state index in [2.05, 4.69) is 0 Å². The highest BCUT2D eigenvalue weighted by atomic mass is 35.5. The number of aliphatic hydroxyl groups excluding tert-OH is 1. The smallest absolute Gasteiger partial charge is 0.274 e. The maximum absolute atomic E-state index is 13.2. The molecule has 2 atom stereocenters. The van der Waals surface area contributed by atoms with Crippen molar-refractivity contribution < 1.29 is 19.6 Å². The summed E-state index contributed by atoms with van der Waals surface area (Å²) in [5.74, 6) is -0.397. The monoisotopic (exact) mass is 435 g/mol. The highest BCUT2D eigenvalue weighted by Gasteiger charge is 2.39. The summed E-state index contributed by atoms with van der Waals surface area (Å²) in [6, 6.07) is 11.8. The zero-order valence-electron chi connectivity index (χ0n) is 17.1. The first kappa shape index (κ1) is 23.6. The Bertz CT molecular complexity index is 904. The highest BCUT2D eigenvalue weighted by Crippen LogP contribution is 2.39. The number of halogens is 1. The molecule has 2 aromatic rings. The van der Waals surface area contributed by atoms with Gasteiger partial charge in [-0.05, 0) is 44.3 Å². The highest BCUT2D eigenvalue weighted by molar-refractivity contribution is 5.99. The van der Waals surface area contributed by atoms with Crippen LogP contribution in [0.4, 0.5) is 11.4 Å². The second kappa shape index (κ2) is 9.88. The Kier molecular flexibility index (Phi) is 7.77. The van der Waals surface area contributed by atoms with Crippen molar-refractivity contribution in [3.05, 3.63) is 63.7 Å². The van der Waals surface area contributed by atoms with Gasteiger partial charge < -0.3 is 19.6 Å². The lowest BCUT2D eigenvalue weighted by molar-refractivity contribution is -0.385. The summed E-state index contributed by atoms with van der Waals surface area (Å²) in [5, 5.41) is 22.6. The van der Waals surface area contributed by atoms with E-state index in [1.807, 2.05) is 19.0 Å². The Balaban J connectivity index is 0.00000320. The van der Waals surface area contributed by atoms with Crippen LogP contribution in [0.5, 0.6) is 5.75 Å². The van der Waals surface area contributed by atoms with Crippen molar-refractivity contribution in [2.75, 3.05) is 39.2 Å². The van der Waals surface area contributed by atoms with Gasteiger partial charge in [0.1, 0.15) is 11.9 Å². The summed E-state index contributed by atoms with van der Waals surface area (Å²) >= 11 is 0. The van der Waals surface area contributed by atoms with E-state index in [0.29, 0.717) is 30.1 Å². The molecule has 1 heterocycles. The molecule has 1 amide bonds. The van der Waals surface area contributed by atoms with Gasteiger partial charge in [-0.3, -0.25) is 14.9 Å². The molecule has 0 bridgehead atoms. The van der Waals surface area contributed by atoms with Gasteiger partial charge in [-0.2, -0.15) is 0 Å². The summed E-state index contributed by atoms with van der Waals surface area (Å²) in [6.45, 7) is 0.889. The van der Waals surface area contributed by atoms with Crippen LogP contribution in [0.2, 0.25) is 0 Å². The molecule has 8 nitrogen and oxygen atoms in total. The fourth-order valence-electron chi connectivity index (χ4n) is 3.66. The number of amides is 1. The minimum absolute atomic E-state index is 0. The largest absolute Gasteiger partial charge is 0.497 e. The standard InChI is InChI=1S/C21H25N3O5.ClH/c1-22(2)11-12-23-18-5-4-6-19(24(27)28)17(18)13-16(20(25)21(23)26)14-7-9-15(29-3)10-8-14;/h4-10,16,20,25H,11-13H2,1-3H3;1H/t16-,20+;/m1./s1. The number of methoxy groups -OCH3 is 1. The molecule has 2 aromatic carbocycles. The van der Waals surface area contributed by atoms with E-state index in [0.717, 1.165) is 5.56 Å². The third-order valence-electron chi connectivity index (χ3n) is 5.25. The van der Waals surface area contributed by atoms with E-state index in [-0.39, 0.29) is 24.5 Å². The number of carbonyl (C=O) groups is 1. The molecule has 0 spiro atoms. The lowest BCUT2D eigenvalue weighted by Crippen LogP contribution is -2.43. The molecule has 0 radical (unpaired) electrons. The fraction of sp³-hybridized carbons (Fsp3) is 0.381. The fourth-order valence-corrected chi connectivity index (χ4v) is 3.66. The molecule has 1 aliphatic heterocycles. The first-order valence-corrected chi connectivity index (χ1v) is 9.38. The van der Waals surface area contributed by atoms with Gasteiger partial charge >= 0.3 is 0 Å². The molecule has 3 rings (SSSR count). The molecule has 162 valence electrons. The van der Waals surface area contributed by atoms with E-state index in [9.17, 15) is 20.0 Å². The van der Waals surface area contributed by atoms with Crippen LogP contribution in [0, 0.1) is 10.1 Å². The van der Waals surface area contributed by atoms with Gasteiger partial charge in [0.25, 0.3) is 11.6 Å². The van der Waals surface area contributed by atoms with Crippen molar-refractivity contribution in [2.45, 2.75) is 18.4 Å². The van der Waals surface area contributed by atoms with Crippen molar-refractivity contribution in [3.8, 4) is 5.75 Å². The summed E-state index contributed by atoms with van der Waals surface area (Å²) in [4.78, 5) is 27.8. The number of hydrogen-bond donors (Lipinski definition) is 1. The zero-order chi connectivity index (χ0) is 21.1. The van der Waals surface area contributed by atoms with Crippen LogP contribution >= 0.6 is 12.4 Å². The minimum Gasteiger partial charge on any atom is -0.497 e. The Morgan fingerprint density at radius 1 is 1.23 bits per heavy atom. The molecule has 0 unspecified atom stereocenters. The average Bonchev–Trinajstić information content (AvgIpc) is 2.81. The first-order chi connectivity index (χ1) is 13.8. The van der Waals surface area contributed by atoms with Crippen LogP contribution in [-0.4, -0.2) is 61.2 Å². The topological polar surface area (TPSA) is 96.2 Å². The predicted molar refractivity (Wildman–Crippen MR) is 117 cm³/mol. The van der Waals surface area contributed by atoms with Gasteiger partial charge in [0, 0.05) is 25.1 Å². The Labute approximate surface area is 181 Å². The number of likely N-dealkylation sites (N-methyl/N-ethyl adjacent to an activating group) is 1. The van der Waals surface area contributed by atoms with E-state index < -0.39 is 22.9 Å². The second-order valence-electron chi connectivity index (χ2n) is 7.35. The summed E-state index contributed by atoms with van der Waals surface area (Å²) in [5.41, 5.74) is 1.63. The maximum Gasteiger partial charge on any atom is 0.274 e. The van der Waals surface area contributed by atoms with Crippen LogP contribution in [0.1, 0.15) is 17.0 Å². The first-order valence-electron chi connectivity index (χ1n) is 9.38. The number of nitrogens with zero attached hydrogens (tertiary/aromatic N) is 3. The molecule has 0 saturated carbocycles. The second-order valence-corrected chi connectivity index (χ2v) is 7.35. The molecule has 30 heavy (non-hydrogen) atoms. The lowest BCUT2D eigenvalue weighted by Gasteiger charge is -2.26. The van der Waals surface area contributed by atoms with Gasteiger partial charge in [-0.15, -0.1) is 12.4 Å². The third-order valence-corrected chi connectivity index (χ3v) is 5.25. The molecule has 0 fully saturated rings. The molecule has 1 N–H and O–H groups in total. The van der Waals surface area contributed by atoms with Gasteiger partial charge in [0.15, 0.2) is 0 Å². The Hall–Kier alpha value is -2.68. The molecule has 0 aromatic heterocycles. The van der Waals surface area contributed by atoms with E-state index in [4.69, 9.17) is 4.74 Å². The number of fused-ring (bicyclic) bond motifs is 1. The van der Waals surface area contributed by atoms with Crippen LogP contribution in [-0.2, 0) is 11.2 Å². The van der Waals surface area contributed by atoms with Gasteiger partial charge in [0.2, 0.25) is 0 Å². The molecule has 0 saturated heterocycles. The van der Waals surface area contributed by atoms with Crippen LogP contribution in [0.15, 0.2) is 42.5 Å². The van der Waals surface area contributed by atoms with Gasteiger partial charge in [-0.25, -0.2) is 0 Å². The molecule has 9 heteroatoms. The van der Waals surface area contributed by atoms with Crippen molar-refractivity contribution in [2.24, 2.45) is 0 Å². The van der Waals surface area contributed by atoms with Crippen LogP contribution in [0.25, 0.3) is 0 Å². The number of aliphatic hydroxyl groups is 1. The van der Waals surface area contributed by atoms with Crippen molar-refractivity contribution in [3.63, 3.8) is 0 Å². The molecular formula is C21H26ClN3O5. The number of nitro benzene ring substituents is 1. The maximum atomic E-state index is 13.2. The summed E-state index contributed by atoms with van der Waals surface area (Å²) in [6.07, 6.45) is -1.12. The SMILES string of the molecule is COc1ccc([C@H]2Cc3c(cccc3[N+](=O)[O-])N(CCN(C)C)C(=O)[C@H]2O)cc1.Cl. The van der Waals surface area contributed by atoms with Crippen LogP contribution in [0.3, 0.4) is 0 Å².